The van der Waals surface area contributed by atoms with Gasteiger partial charge in [-0.1, -0.05) is 66.7 Å². The summed E-state index contributed by atoms with van der Waals surface area (Å²) in [6.45, 7) is 0. The van der Waals surface area contributed by atoms with E-state index in [9.17, 15) is 5.26 Å². The quantitative estimate of drug-likeness (QED) is 0.202. The van der Waals surface area contributed by atoms with Crippen molar-refractivity contribution in [1.82, 2.24) is 27.9 Å². The van der Waals surface area contributed by atoms with E-state index in [4.69, 9.17) is 9.97 Å². The third-order valence-corrected chi connectivity index (χ3v) is 9.00. The molecule has 4 aromatic heterocycles. The maximum Gasteiger partial charge on any atom is 0.223 e. The summed E-state index contributed by atoms with van der Waals surface area (Å²) in [6, 6.07) is 50.2. The predicted octanol–water partition coefficient (Wildman–Crippen LogP) is 8.76. The summed E-state index contributed by atoms with van der Waals surface area (Å²) in [5.74, 6) is 1.42. The van der Waals surface area contributed by atoms with E-state index in [1.807, 2.05) is 54.6 Å². The molecule has 0 aliphatic rings. The van der Waals surface area contributed by atoms with E-state index < -0.39 is 0 Å². The van der Waals surface area contributed by atoms with Crippen molar-refractivity contribution in [2.45, 2.75) is 0 Å². The zero-order chi connectivity index (χ0) is 30.4. The largest absolute Gasteiger partial charge is 0.309 e. The highest BCUT2D eigenvalue weighted by atomic mass is 15.3. The van der Waals surface area contributed by atoms with Crippen LogP contribution in [0.3, 0.4) is 0 Å². The first kappa shape index (κ1) is 24.8. The summed E-state index contributed by atoms with van der Waals surface area (Å²) >= 11 is 0. The highest BCUT2D eigenvalue weighted by Crippen LogP contribution is 2.34. The van der Waals surface area contributed by atoms with Crippen LogP contribution in [-0.4, -0.2) is 27.9 Å². The smallest absolute Gasteiger partial charge is 0.223 e. The fourth-order valence-electron chi connectivity index (χ4n) is 7.05. The Balaban J connectivity index is 1.42. The second-order valence-electron chi connectivity index (χ2n) is 11.5. The molecule has 10 aromatic rings. The Hall–Kier alpha value is -6.65. The predicted molar refractivity (Wildman–Crippen MR) is 184 cm³/mol. The van der Waals surface area contributed by atoms with E-state index in [0.29, 0.717) is 11.3 Å². The lowest BCUT2D eigenvalue weighted by Crippen LogP contribution is -2.03. The summed E-state index contributed by atoms with van der Waals surface area (Å²) in [5.41, 5.74) is 10.3. The lowest BCUT2D eigenvalue weighted by Gasteiger charge is -2.12. The molecule has 0 unspecified atom stereocenters. The minimum atomic E-state index is 0.579. The second kappa shape index (κ2) is 9.18. The average Bonchev–Trinajstić information content (AvgIpc) is 3.76. The topological polar surface area (TPSA) is 68.2 Å². The molecular weight excluding hydrogens is 566 g/mol. The maximum atomic E-state index is 9.94. The van der Waals surface area contributed by atoms with Crippen molar-refractivity contribution in [3.05, 3.63) is 145 Å². The first-order chi connectivity index (χ1) is 22.8. The molecule has 0 spiro atoms. The zero-order valence-corrected chi connectivity index (χ0v) is 24.4. The number of para-hydroxylation sites is 6. The first-order valence-corrected chi connectivity index (χ1v) is 15.2. The molecule has 214 valence electrons. The third-order valence-electron chi connectivity index (χ3n) is 9.00. The standard InChI is InChI=1S/C39H23N7/c40-24-25-20-21-36-37(22-25)46-35-19-8-4-15-31(35)42-39(46)44(38-41-30-14-3-7-18-34(30)45(36)38)27-11-9-10-26(23-27)43-32-16-5-1-12-28(32)29-13-2-6-17-33(29)43/h1-23H. The molecule has 0 aliphatic carbocycles. The van der Waals surface area contributed by atoms with Gasteiger partial charge in [0.1, 0.15) is 0 Å². The molecule has 0 saturated carbocycles. The van der Waals surface area contributed by atoms with E-state index >= 15 is 0 Å². The van der Waals surface area contributed by atoms with Crippen LogP contribution in [0, 0.1) is 11.3 Å². The molecule has 7 heteroatoms. The van der Waals surface area contributed by atoms with Gasteiger partial charge in [0.25, 0.3) is 0 Å². The average molecular weight is 590 g/mol. The van der Waals surface area contributed by atoms with Crippen LogP contribution in [0.15, 0.2) is 140 Å². The molecule has 0 amide bonds. The van der Waals surface area contributed by atoms with E-state index in [1.54, 1.807) is 0 Å². The van der Waals surface area contributed by atoms with Crippen LogP contribution in [-0.2, 0) is 0 Å². The SMILES string of the molecule is N#Cc1ccc2c(c1)n1c3ccccc3nc1n(-c1cccc(-n3c4ccccc4c4ccccc43)c1)c1nc3ccccc3n21. The van der Waals surface area contributed by atoms with Gasteiger partial charge in [-0.05, 0) is 72.8 Å². The molecule has 0 atom stereocenters. The highest BCUT2D eigenvalue weighted by Gasteiger charge is 2.20. The number of hydrogen-bond donors (Lipinski definition) is 0. The van der Waals surface area contributed by atoms with Crippen molar-refractivity contribution in [1.29, 1.82) is 5.26 Å². The van der Waals surface area contributed by atoms with Gasteiger partial charge in [-0.15, -0.1) is 0 Å². The van der Waals surface area contributed by atoms with E-state index in [-0.39, 0.29) is 0 Å². The van der Waals surface area contributed by atoms with Gasteiger partial charge in [0, 0.05) is 16.5 Å². The molecular formula is C39H23N7. The number of nitriles is 1. The Labute approximate surface area is 261 Å². The Morgan fingerprint density at radius 2 is 0.957 bits per heavy atom. The molecule has 10 rings (SSSR count). The minimum absolute atomic E-state index is 0.579. The van der Waals surface area contributed by atoms with Crippen LogP contribution in [0.25, 0.3) is 77.8 Å². The van der Waals surface area contributed by atoms with Crippen LogP contribution in [0.1, 0.15) is 5.56 Å². The number of imidazole rings is 2. The number of hydrogen-bond acceptors (Lipinski definition) is 3. The van der Waals surface area contributed by atoms with E-state index in [1.165, 1.54) is 10.8 Å². The Morgan fingerprint density at radius 3 is 1.57 bits per heavy atom. The molecule has 4 heterocycles. The summed E-state index contributed by atoms with van der Waals surface area (Å²) in [4.78, 5) is 10.5. The molecule has 0 radical (unpaired) electrons. The molecule has 0 fully saturated rings. The van der Waals surface area contributed by atoms with Crippen LogP contribution in [0.5, 0.6) is 0 Å². The van der Waals surface area contributed by atoms with Crippen molar-refractivity contribution in [2.24, 2.45) is 0 Å². The van der Waals surface area contributed by atoms with E-state index in [2.05, 4.69) is 109 Å². The van der Waals surface area contributed by atoms with Crippen LogP contribution in [0.2, 0.25) is 0 Å². The lowest BCUT2D eigenvalue weighted by atomic mass is 10.2. The van der Waals surface area contributed by atoms with Gasteiger partial charge >= 0.3 is 0 Å². The third kappa shape index (κ3) is 3.30. The minimum Gasteiger partial charge on any atom is -0.309 e. The van der Waals surface area contributed by atoms with Gasteiger partial charge < -0.3 is 4.57 Å². The molecule has 6 aromatic carbocycles. The molecule has 0 aliphatic heterocycles. The lowest BCUT2D eigenvalue weighted by molar-refractivity contribution is 1.02. The Morgan fingerprint density at radius 1 is 0.435 bits per heavy atom. The first-order valence-electron chi connectivity index (χ1n) is 15.2. The molecule has 46 heavy (non-hydrogen) atoms. The number of rotatable bonds is 2. The fourth-order valence-corrected chi connectivity index (χ4v) is 7.05. The monoisotopic (exact) mass is 589 g/mol. The van der Waals surface area contributed by atoms with Gasteiger partial charge in [0.05, 0.1) is 61.5 Å². The highest BCUT2D eigenvalue weighted by molar-refractivity contribution is 6.09. The molecule has 0 bridgehead atoms. The fraction of sp³-hybridized carbons (Fsp3) is 0. The van der Waals surface area contributed by atoms with Crippen molar-refractivity contribution >= 4 is 66.5 Å². The Bertz CT molecular complexity index is 2890. The van der Waals surface area contributed by atoms with Crippen LogP contribution >= 0.6 is 0 Å². The van der Waals surface area contributed by atoms with Gasteiger partial charge in [0.2, 0.25) is 11.6 Å². The number of nitrogens with zero attached hydrogens (tertiary/aromatic N) is 7. The van der Waals surface area contributed by atoms with Crippen LogP contribution in [0.4, 0.5) is 0 Å². The van der Waals surface area contributed by atoms with Gasteiger partial charge in [-0.25, -0.2) is 14.5 Å². The summed E-state index contributed by atoms with van der Waals surface area (Å²) in [6.07, 6.45) is 0. The summed E-state index contributed by atoms with van der Waals surface area (Å²) in [7, 11) is 0. The Kier molecular flexibility index (Phi) is 4.94. The van der Waals surface area contributed by atoms with Gasteiger partial charge in [-0.2, -0.15) is 5.26 Å². The number of aromatic nitrogens is 6. The molecule has 0 saturated heterocycles. The maximum absolute atomic E-state index is 9.94. The summed E-state index contributed by atoms with van der Waals surface area (Å²) < 4.78 is 8.81. The van der Waals surface area contributed by atoms with Gasteiger partial charge in [0.15, 0.2) is 0 Å². The van der Waals surface area contributed by atoms with E-state index in [0.717, 1.165) is 61.3 Å². The summed E-state index contributed by atoms with van der Waals surface area (Å²) in [5, 5.41) is 12.4. The van der Waals surface area contributed by atoms with Crippen molar-refractivity contribution in [2.75, 3.05) is 0 Å². The van der Waals surface area contributed by atoms with Crippen molar-refractivity contribution in [3.63, 3.8) is 0 Å². The van der Waals surface area contributed by atoms with Crippen molar-refractivity contribution in [3.8, 4) is 17.4 Å². The molecule has 0 N–H and O–H groups in total. The number of benzene rings is 6. The normalized spacial score (nSPS) is 11.9. The zero-order valence-electron chi connectivity index (χ0n) is 24.4. The van der Waals surface area contributed by atoms with Crippen molar-refractivity contribution < 1.29 is 0 Å². The second-order valence-corrected chi connectivity index (χ2v) is 11.5. The number of fused-ring (bicyclic) bond motifs is 12. The van der Waals surface area contributed by atoms with Crippen LogP contribution < -0.4 is 0 Å². The molecule has 7 nitrogen and oxygen atoms in total. The van der Waals surface area contributed by atoms with Gasteiger partial charge in [-0.3, -0.25) is 8.80 Å².